The van der Waals surface area contributed by atoms with Crippen molar-refractivity contribution in [1.82, 2.24) is 4.98 Å². The second kappa shape index (κ2) is 4.26. The highest BCUT2D eigenvalue weighted by Gasteiger charge is 2.53. The molecule has 2 aliphatic carbocycles. The van der Waals surface area contributed by atoms with Crippen LogP contribution in [-0.4, -0.2) is 24.6 Å². The van der Waals surface area contributed by atoms with E-state index in [0.717, 1.165) is 18.3 Å². The van der Waals surface area contributed by atoms with E-state index in [1.807, 2.05) is 0 Å². The molecule has 96 valence electrons. The first-order chi connectivity index (χ1) is 8.73. The Balaban J connectivity index is 1.64. The van der Waals surface area contributed by atoms with Crippen LogP contribution in [0.2, 0.25) is 0 Å². The fourth-order valence-corrected chi connectivity index (χ4v) is 2.62. The highest BCUT2D eigenvalue weighted by atomic mass is 16.5. The van der Waals surface area contributed by atoms with Gasteiger partial charge in [0.2, 0.25) is 0 Å². The molecule has 0 atom stereocenters. The maximum absolute atomic E-state index is 11.4. The fourth-order valence-electron chi connectivity index (χ4n) is 2.62. The lowest BCUT2D eigenvalue weighted by Crippen LogP contribution is -2.18. The minimum atomic E-state index is -0.316. The fraction of sp³-hybridized carbons (Fsp3) is 0.571. The monoisotopic (exact) mass is 246 g/mol. The summed E-state index contributed by atoms with van der Waals surface area (Å²) in [7, 11) is 1.39. The first-order valence-corrected chi connectivity index (χ1v) is 6.52. The summed E-state index contributed by atoms with van der Waals surface area (Å²) in [6.07, 6.45) is 7.09. The summed E-state index contributed by atoms with van der Waals surface area (Å²) in [5.41, 5.74) is 1.08. The molecular formula is C14H18N2O2. The van der Waals surface area contributed by atoms with E-state index < -0.39 is 0 Å². The molecule has 0 amide bonds. The van der Waals surface area contributed by atoms with E-state index in [2.05, 4.69) is 10.3 Å². The van der Waals surface area contributed by atoms with Gasteiger partial charge in [-0.15, -0.1) is 0 Å². The molecule has 0 radical (unpaired) electrons. The van der Waals surface area contributed by atoms with E-state index in [0.29, 0.717) is 11.0 Å². The van der Waals surface area contributed by atoms with E-state index in [4.69, 9.17) is 4.74 Å². The number of hydrogen-bond acceptors (Lipinski definition) is 4. The first-order valence-electron chi connectivity index (χ1n) is 6.52. The average molecular weight is 246 g/mol. The Bertz CT molecular complexity index is 465. The van der Waals surface area contributed by atoms with Crippen molar-refractivity contribution in [1.29, 1.82) is 0 Å². The Morgan fingerprint density at radius 3 is 2.94 bits per heavy atom. The van der Waals surface area contributed by atoms with Gasteiger partial charge in [-0.3, -0.25) is 0 Å². The lowest BCUT2D eigenvalue weighted by Gasteiger charge is -2.15. The zero-order valence-electron chi connectivity index (χ0n) is 10.6. The Morgan fingerprint density at radius 1 is 1.56 bits per heavy atom. The third-order valence-electron chi connectivity index (χ3n) is 4.14. The summed E-state index contributed by atoms with van der Waals surface area (Å²) in [5.74, 6) is 1.38. The number of anilines is 1. The third-order valence-corrected chi connectivity index (χ3v) is 4.14. The molecule has 1 aromatic heterocycles. The van der Waals surface area contributed by atoms with Crippen LogP contribution in [0.25, 0.3) is 0 Å². The Kier molecular flexibility index (Phi) is 2.73. The van der Waals surface area contributed by atoms with Gasteiger partial charge in [-0.1, -0.05) is 0 Å². The molecule has 1 aromatic rings. The number of carbonyl (C=O) groups excluding carboxylic acids is 1. The molecule has 1 N–H and O–H groups in total. The van der Waals surface area contributed by atoms with Gasteiger partial charge in [0.25, 0.3) is 0 Å². The molecule has 18 heavy (non-hydrogen) atoms. The van der Waals surface area contributed by atoms with Crippen molar-refractivity contribution >= 4 is 11.8 Å². The van der Waals surface area contributed by atoms with Gasteiger partial charge in [0, 0.05) is 12.7 Å². The van der Waals surface area contributed by atoms with Crippen LogP contribution < -0.4 is 5.32 Å². The summed E-state index contributed by atoms with van der Waals surface area (Å²) in [6.45, 7) is 0.981. The van der Waals surface area contributed by atoms with Crippen molar-refractivity contribution in [2.45, 2.75) is 25.7 Å². The number of methoxy groups -OCH3 is 1. The lowest BCUT2D eigenvalue weighted by molar-refractivity contribution is 0.0600. The summed E-state index contributed by atoms with van der Waals surface area (Å²) in [6, 6.07) is 3.43. The van der Waals surface area contributed by atoms with Gasteiger partial charge in [0.1, 0.15) is 5.82 Å². The number of pyridine rings is 1. The van der Waals surface area contributed by atoms with Crippen LogP contribution in [0.5, 0.6) is 0 Å². The molecule has 0 aliphatic heterocycles. The number of ether oxygens (including phenoxy) is 1. The predicted molar refractivity (Wildman–Crippen MR) is 68.5 cm³/mol. The quantitative estimate of drug-likeness (QED) is 0.811. The van der Waals surface area contributed by atoms with Crippen LogP contribution in [0.15, 0.2) is 18.3 Å². The van der Waals surface area contributed by atoms with Crippen LogP contribution in [0, 0.1) is 11.3 Å². The second-order valence-corrected chi connectivity index (χ2v) is 5.41. The topological polar surface area (TPSA) is 51.2 Å². The molecular weight excluding hydrogens is 228 g/mol. The number of esters is 1. The number of nitrogens with one attached hydrogen (secondary N) is 1. The maximum atomic E-state index is 11.4. The lowest BCUT2D eigenvalue weighted by atomic mass is 10.0. The number of carbonyl (C=O) groups is 1. The van der Waals surface area contributed by atoms with Crippen LogP contribution in [0.3, 0.4) is 0 Å². The molecule has 1 heterocycles. The van der Waals surface area contributed by atoms with E-state index in [9.17, 15) is 4.79 Å². The van der Waals surface area contributed by atoms with E-state index in [-0.39, 0.29) is 5.97 Å². The normalized spacial score (nSPS) is 20.3. The van der Waals surface area contributed by atoms with Crippen molar-refractivity contribution in [3.05, 3.63) is 23.9 Å². The third kappa shape index (κ3) is 2.19. The largest absolute Gasteiger partial charge is 0.465 e. The first kappa shape index (κ1) is 11.5. The summed E-state index contributed by atoms with van der Waals surface area (Å²) < 4.78 is 4.70. The van der Waals surface area contributed by atoms with Gasteiger partial charge in [0.15, 0.2) is 0 Å². The van der Waals surface area contributed by atoms with Gasteiger partial charge in [0.05, 0.1) is 12.7 Å². The van der Waals surface area contributed by atoms with Gasteiger partial charge >= 0.3 is 5.97 Å². The van der Waals surface area contributed by atoms with Crippen molar-refractivity contribution in [3.63, 3.8) is 0 Å². The Morgan fingerprint density at radius 2 is 2.33 bits per heavy atom. The smallest absolute Gasteiger partial charge is 0.338 e. The minimum Gasteiger partial charge on any atom is -0.465 e. The van der Waals surface area contributed by atoms with E-state index in [1.54, 1.807) is 18.3 Å². The van der Waals surface area contributed by atoms with Gasteiger partial charge in [-0.05, 0) is 49.1 Å². The van der Waals surface area contributed by atoms with Crippen LogP contribution in [0.1, 0.15) is 36.0 Å². The van der Waals surface area contributed by atoms with Crippen LogP contribution >= 0.6 is 0 Å². The molecule has 2 aliphatic rings. The molecule has 4 nitrogen and oxygen atoms in total. The molecule has 3 rings (SSSR count). The summed E-state index contributed by atoms with van der Waals surface area (Å²) in [4.78, 5) is 15.7. The zero-order valence-corrected chi connectivity index (χ0v) is 10.6. The molecule has 4 heteroatoms. The number of rotatable bonds is 5. The average Bonchev–Trinajstić information content (AvgIpc) is 3.28. The molecule has 0 bridgehead atoms. The minimum absolute atomic E-state index is 0.316. The highest BCUT2D eigenvalue weighted by Crippen LogP contribution is 2.61. The second-order valence-electron chi connectivity index (χ2n) is 5.41. The number of aromatic nitrogens is 1. The molecule has 0 aromatic carbocycles. The molecule has 0 saturated heterocycles. The van der Waals surface area contributed by atoms with Crippen molar-refractivity contribution < 1.29 is 9.53 Å². The Labute approximate surface area is 107 Å². The van der Waals surface area contributed by atoms with Gasteiger partial charge in [-0.25, -0.2) is 9.78 Å². The molecule has 2 fully saturated rings. The van der Waals surface area contributed by atoms with E-state index in [1.165, 1.54) is 32.8 Å². The number of nitrogens with zero attached hydrogens (tertiary/aromatic N) is 1. The maximum Gasteiger partial charge on any atom is 0.338 e. The standard InChI is InChI=1S/C14H18N2O2/c1-18-13(17)10-4-7-15-12(8-10)16-9-14(5-6-14)11-2-3-11/h4,7-8,11H,2-3,5-6,9H2,1H3,(H,15,16). The van der Waals surface area contributed by atoms with Crippen molar-refractivity contribution in [2.24, 2.45) is 11.3 Å². The highest BCUT2D eigenvalue weighted by molar-refractivity contribution is 5.89. The predicted octanol–water partition coefficient (Wildman–Crippen LogP) is 2.47. The van der Waals surface area contributed by atoms with Gasteiger partial charge < -0.3 is 10.1 Å². The van der Waals surface area contributed by atoms with Crippen LogP contribution in [-0.2, 0) is 4.74 Å². The summed E-state index contributed by atoms with van der Waals surface area (Å²) in [5, 5.41) is 3.37. The SMILES string of the molecule is COC(=O)c1ccnc(NCC2(C3CC3)CC2)c1. The zero-order chi connectivity index (χ0) is 12.6. The van der Waals surface area contributed by atoms with Crippen LogP contribution in [0.4, 0.5) is 5.82 Å². The molecule has 0 spiro atoms. The molecule has 0 unspecified atom stereocenters. The number of hydrogen-bond donors (Lipinski definition) is 1. The van der Waals surface area contributed by atoms with Crippen molar-refractivity contribution in [2.75, 3.05) is 19.0 Å². The van der Waals surface area contributed by atoms with Crippen molar-refractivity contribution in [3.8, 4) is 0 Å². The Hall–Kier alpha value is -1.58. The van der Waals surface area contributed by atoms with Gasteiger partial charge in [-0.2, -0.15) is 0 Å². The van der Waals surface area contributed by atoms with E-state index >= 15 is 0 Å². The molecule has 2 saturated carbocycles. The summed E-state index contributed by atoms with van der Waals surface area (Å²) >= 11 is 0.